The summed E-state index contributed by atoms with van der Waals surface area (Å²) in [6, 6.07) is 4.16. The van der Waals surface area contributed by atoms with E-state index in [1.807, 2.05) is 0 Å². The molecule has 1 atom stereocenters. The number of hydrogen-bond donors (Lipinski definition) is 1. The third-order valence-corrected chi connectivity index (χ3v) is 4.03. The first kappa shape index (κ1) is 17.1. The summed E-state index contributed by atoms with van der Waals surface area (Å²) in [5, 5.41) is 0.320. The number of carbonyl (C=O) groups is 1. The number of benzene rings is 1. The minimum atomic E-state index is -0.381. The lowest BCUT2D eigenvalue weighted by Gasteiger charge is -2.19. The molecule has 0 heterocycles. The number of rotatable bonds is 8. The van der Waals surface area contributed by atoms with Crippen molar-refractivity contribution in [3.8, 4) is 0 Å². The Morgan fingerprint density at radius 2 is 2.05 bits per heavy atom. The molecule has 0 amide bonds. The van der Waals surface area contributed by atoms with E-state index in [9.17, 15) is 9.18 Å². The number of nitrogens with two attached hydrogens (primary N) is 1. The van der Waals surface area contributed by atoms with Crippen LogP contribution in [0, 0.1) is 17.7 Å². The van der Waals surface area contributed by atoms with Crippen LogP contribution in [0.1, 0.15) is 38.7 Å². The zero-order valence-corrected chi connectivity index (χ0v) is 12.9. The molecule has 0 saturated heterocycles. The second-order valence-corrected chi connectivity index (χ2v) is 5.98. The molecule has 2 nitrogen and oxygen atoms in total. The van der Waals surface area contributed by atoms with Gasteiger partial charge in [-0.15, -0.1) is 0 Å². The van der Waals surface area contributed by atoms with Crippen LogP contribution < -0.4 is 5.73 Å². The van der Waals surface area contributed by atoms with Crippen molar-refractivity contribution in [1.82, 2.24) is 0 Å². The van der Waals surface area contributed by atoms with E-state index in [-0.39, 0.29) is 18.0 Å². The summed E-state index contributed by atoms with van der Waals surface area (Å²) in [7, 11) is 0. The van der Waals surface area contributed by atoms with Crippen LogP contribution in [0.2, 0.25) is 5.02 Å². The van der Waals surface area contributed by atoms with Gasteiger partial charge in [0.25, 0.3) is 0 Å². The molecule has 0 aromatic heterocycles. The first-order valence-corrected chi connectivity index (χ1v) is 7.47. The fourth-order valence-corrected chi connectivity index (χ4v) is 2.57. The van der Waals surface area contributed by atoms with Gasteiger partial charge < -0.3 is 5.73 Å². The van der Waals surface area contributed by atoms with E-state index in [0.29, 0.717) is 35.4 Å². The van der Waals surface area contributed by atoms with Gasteiger partial charge in [-0.1, -0.05) is 31.5 Å². The molecule has 0 aliphatic rings. The second kappa shape index (κ2) is 8.38. The van der Waals surface area contributed by atoms with Gasteiger partial charge in [0.15, 0.2) is 0 Å². The fraction of sp³-hybridized carbons (Fsp3) is 0.562. The van der Waals surface area contributed by atoms with Gasteiger partial charge in [0.05, 0.1) is 0 Å². The molecule has 0 fully saturated rings. The SMILES string of the molecule is CC(C)C(CCN)CCC(=O)Cc1ccc(F)cc1Cl. The van der Waals surface area contributed by atoms with E-state index in [1.165, 1.54) is 12.1 Å². The standard InChI is InChI=1S/C16H23ClFNO/c1-11(2)12(7-8-19)4-6-15(20)9-13-3-5-14(18)10-16(13)17/h3,5,10-12H,4,6-9,19H2,1-2H3. The van der Waals surface area contributed by atoms with Crippen LogP contribution >= 0.6 is 11.6 Å². The van der Waals surface area contributed by atoms with Crippen molar-refractivity contribution in [2.75, 3.05) is 6.54 Å². The zero-order valence-electron chi connectivity index (χ0n) is 12.2. The Hall–Kier alpha value is -0.930. The molecule has 4 heteroatoms. The lowest BCUT2D eigenvalue weighted by Crippen LogP contribution is -2.16. The van der Waals surface area contributed by atoms with Crippen molar-refractivity contribution in [3.05, 3.63) is 34.6 Å². The summed E-state index contributed by atoms with van der Waals surface area (Å²) >= 11 is 5.93. The average Bonchev–Trinajstić information content (AvgIpc) is 2.37. The van der Waals surface area contributed by atoms with E-state index >= 15 is 0 Å². The molecule has 0 bridgehead atoms. The minimum Gasteiger partial charge on any atom is -0.330 e. The fourth-order valence-electron chi connectivity index (χ4n) is 2.34. The highest BCUT2D eigenvalue weighted by atomic mass is 35.5. The van der Waals surface area contributed by atoms with Gasteiger partial charge in [0.1, 0.15) is 11.6 Å². The predicted octanol–water partition coefficient (Wildman–Crippen LogP) is 3.99. The summed E-state index contributed by atoms with van der Waals surface area (Å²) in [5.74, 6) is 0.767. The molecule has 1 unspecified atom stereocenters. The van der Waals surface area contributed by atoms with E-state index in [2.05, 4.69) is 13.8 Å². The lowest BCUT2D eigenvalue weighted by molar-refractivity contribution is -0.118. The molecule has 0 aliphatic heterocycles. The smallest absolute Gasteiger partial charge is 0.137 e. The highest BCUT2D eigenvalue weighted by molar-refractivity contribution is 6.31. The van der Waals surface area contributed by atoms with E-state index in [4.69, 9.17) is 17.3 Å². The monoisotopic (exact) mass is 299 g/mol. The Balaban J connectivity index is 2.51. The number of carbonyl (C=O) groups excluding carboxylic acids is 1. The van der Waals surface area contributed by atoms with Gasteiger partial charge in [-0.3, -0.25) is 4.79 Å². The van der Waals surface area contributed by atoms with Crippen molar-refractivity contribution in [1.29, 1.82) is 0 Å². The predicted molar refractivity (Wildman–Crippen MR) is 81.4 cm³/mol. The summed E-state index contributed by atoms with van der Waals surface area (Å²) in [4.78, 5) is 12.0. The van der Waals surface area contributed by atoms with Crippen molar-refractivity contribution in [2.45, 2.75) is 39.5 Å². The molecule has 1 aromatic rings. The van der Waals surface area contributed by atoms with Gasteiger partial charge in [0, 0.05) is 17.9 Å². The topological polar surface area (TPSA) is 43.1 Å². The van der Waals surface area contributed by atoms with Crippen molar-refractivity contribution in [2.24, 2.45) is 17.6 Å². The third-order valence-electron chi connectivity index (χ3n) is 3.68. The number of hydrogen-bond acceptors (Lipinski definition) is 2. The van der Waals surface area contributed by atoms with Crippen molar-refractivity contribution in [3.63, 3.8) is 0 Å². The normalized spacial score (nSPS) is 12.7. The Bertz CT molecular complexity index is 448. The average molecular weight is 300 g/mol. The molecule has 1 aromatic carbocycles. The van der Waals surface area contributed by atoms with Crippen LogP contribution in [0.15, 0.2) is 18.2 Å². The van der Waals surface area contributed by atoms with Gasteiger partial charge in [0.2, 0.25) is 0 Å². The molecule has 0 spiro atoms. The molecular formula is C16H23ClFNO. The van der Waals surface area contributed by atoms with Crippen LogP contribution in [0.3, 0.4) is 0 Å². The third kappa shape index (κ3) is 5.59. The summed E-state index contributed by atoms with van der Waals surface area (Å²) in [6.07, 6.45) is 2.60. The molecule has 1 rings (SSSR count). The largest absolute Gasteiger partial charge is 0.330 e. The van der Waals surface area contributed by atoms with Crippen LogP contribution in [0.4, 0.5) is 4.39 Å². The molecular weight excluding hydrogens is 277 g/mol. The maximum absolute atomic E-state index is 12.9. The Labute approximate surface area is 125 Å². The summed E-state index contributed by atoms with van der Waals surface area (Å²) in [5.41, 5.74) is 6.29. The maximum Gasteiger partial charge on any atom is 0.137 e. The number of Topliss-reactive ketones (excluding diaryl/α,β-unsaturated/α-hetero) is 1. The van der Waals surface area contributed by atoms with Gasteiger partial charge in [-0.25, -0.2) is 4.39 Å². The zero-order chi connectivity index (χ0) is 15.1. The van der Waals surface area contributed by atoms with E-state index in [1.54, 1.807) is 6.07 Å². The first-order valence-electron chi connectivity index (χ1n) is 7.09. The highest BCUT2D eigenvalue weighted by Crippen LogP contribution is 2.22. The maximum atomic E-state index is 12.9. The van der Waals surface area contributed by atoms with Crippen LogP contribution in [-0.2, 0) is 11.2 Å². The second-order valence-electron chi connectivity index (χ2n) is 5.57. The van der Waals surface area contributed by atoms with E-state index < -0.39 is 0 Å². The van der Waals surface area contributed by atoms with Crippen LogP contribution in [0.25, 0.3) is 0 Å². The van der Waals surface area contributed by atoms with Gasteiger partial charge in [-0.05, 0) is 48.9 Å². The summed E-state index contributed by atoms with van der Waals surface area (Å²) < 4.78 is 12.9. The highest BCUT2D eigenvalue weighted by Gasteiger charge is 2.15. The van der Waals surface area contributed by atoms with Gasteiger partial charge in [-0.2, -0.15) is 0 Å². The van der Waals surface area contributed by atoms with Crippen LogP contribution in [-0.4, -0.2) is 12.3 Å². The summed E-state index contributed by atoms with van der Waals surface area (Å²) in [6.45, 7) is 4.96. The first-order chi connectivity index (χ1) is 9.43. The van der Waals surface area contributed by atoms with Crippen molar-refractivity contribution < 1.29 is 9.18 Å². The lowest BCUT2D eigenvalue weighted by atomic mass is 9.87. The molecule has 0 aliphatic carbocycles. The molecule has 112 valence electrons. The minimum absolute atomic E-state index is 0.140. The van der Waals surface area contributed by atoms with Crippen LogP contribution in [0.5, 0.6) is 0 Å². The van der Waals surface area contributed by atoms with Gasteiger partial charge >= 0.3 is 0 Å². The number of halogens is 2. The number of ketones is 1. The molecule has 2 N–H and O–H groups in total. The van der Waals surface area contributed by atoms with E-state index in [0.717, 1.165) is 12.8 Å². The molecule has 0 saturated carbocycles. The quantitative estimate of drug-likeness (QED) is 0.788. The Kier molecular flexibility index (Phi) is 7.17. The molecule has 20 heavy (non-hydrogen) atoms. The van der Waals surface area contributed by atoms with Crippen molar-refractivity contribution >= 4 is 17.4 Å². The molecule has 0 radical (unpaired) electrons. The Morgan fingerprint density at radius 3 is 2.60 bits per heavy atom. The Morgan fingerprint density at radius 1 is 1.35 bits per heavy atom.